The summed E-state index contributed by atoms with van der Waals surface area (Å²) in [5, 5.41) is 7.10. The van der Waals surface area contributed by atoms with Crippen LogP contribution in [0.4, 0.5) is 0 Å². The number of aromatic nitrogens is 1. The van der Waals surface area contributed by atoms with Gasteiger partial charge < -0.3 is 19.6 Å². The van der Waals surface area contributed by atoms with E-state index in [0.29, 0.717) is 31.9 Å². The molecule has 0 aromatic carbocycles. The smallest absolute Gasteiger partial charge is 0.220 e. The molecule has 3 heterocycles. The minimum absolute atomic E-state index is 0.117. The molecule has 0 radical (unpaired) electrons. The van der Waals surface area contributed by atoms with E-state index in [2.05, 4.69) is 34.1 Å². The summed E-state index contributed by atoms with van der Waals surface area (Å²) >= 11 is 0. The number of hydrogen-bond donors (Lipinski definition) is 1. The number of piperidine rings is 1. The molecule has 0 saturated carbocycles. The topological polar surface area (TPSA) is 94.3 Å². The molecule has 0 aliphatic carbocycles. The van der Waals surface area contributed by atoms with Gasteiger partial charge in [-0.15, -0.1) is 0 Å². The molecule has 170 valence electrons. The van der Waals surface area contributed by atoms with Crippen LogP contribution in [0.5, 0.6) is 0 Å². The van der Waals surface area contributed by atoms with Crippen LogP contribution in [0.15, 0.2) is 21.8 Å². The third-order valence-corrected chi connectivity index (χ3v) is 7.85. The molecule has 30 heavy (non-hydrogen) atoms. The van der Waals surface area contributed by atoms with Crippen LogP contribution in [0.2, 0.25) is 0 Å². The summed E-state index contributed by atoms with van der Waals surface area (Å²) in [7, 11) is -3.39. The van der Waals surface area contributed by atoms with Crippen molar-refractivity contribution in [1.29, 1.82) is 0 Å². The Hall–Kier alpha value is -1.65. The van der Waals surface area contributed by atoms with Gasteiger partial charge in [-0.3, -0.25) is 4.99 Å². The van der Waals surface area contributed by atoms with Crippen molar-refractivity contribution >= 4 is 16.0 Å². The van der Waals surface area contributed by atoms with Crippen LogP contribution in [-0.4, -0.2) is 92.5 Å². The van der Waals surface area contributed by atoms with Crippen LogP contribution in [0, 0.1) is 5.92 Å². The molecule has 2 aliphatic heterocycles. The monoisotopic (exact) mass is 440 g/mol. The highest BCUT2D eigenvalue weighted by Crippen LogP contribution is 2.20. The minimum Gasteiger partial charge on any atom is -0.364 e. The van der Waals surface area contributed by atoms with Gasteiger partial charge in [0, 0.05) is 45.3 Å². The molecule has 2 aliphatic rings. The first kappa shape index (κ1) is 23.0. The molecule has 0 spiro atoms. The number of sulfonamides is 1. The number of aliphatic imine (C=N–C) groups is 1. The highest BCUT2D eigenvalue weighted by Gasteiger charge is 2.29. The Morgan fingerprint density at radius 3 is 2.53 bits per heavy atom. The lowest BCUT2D eigenvalue weighted by molar-refractivity contribution is 0.188. The molecule has 3 rings (SSSR count). The first-order valence-corrected chi connectivity index (χ1v) is 12.8. The van der Waals surface area contributed by atoms with Gasteiger partial charge in [0.2, 0.25) is 10.0 Å². The predicted octanol–water partition coefficient (Wildman–Crippen LogP) is 1.21. The lowest BCUT2D eigenvalue weighted by Crippen LogP contribution is -2.54. The molecule has 9 nitrogen and oxygen atoms in total. The summed E-state index contributed by atoms with van der Waals surface area (Å²) in [6.45, 7) is 11.7. The predicted molar refractivity (Wildman–Crippen MR) is 118 cm³/mol. The van der Waals surface area contributed by atoms with Crippen molar-refractivity contribution in [3.63, 3.8) is 0 Å². The molecule has 2 saturated heterocycles. The van der Waals surface area contributed by atoms with E-state index in [4.69, 9.17) is 9.52 Å². The Bertz CT molecular complexity index is 752. The van der Waals surface area contributed by atoms with E-state index in [1.807, 2.05) is 0 Å². The third-order valence-electron chi connectivity index (χ3n) is 6.04. The molecule has 1 N–H and O–H groups in total. The third kappa shape index (κ3) is 6.42. The van der Waals surface area contributed by atoms with Crippen LogP contribution in [0.25, 0.3) is 0 Å². The average molecular weight is 441 g/mol. The van der Waals surface area contributed by atoms with Gasteiger partial charge in [-0.05, 0) is 51.7 Å². The van der Waals surface area contributed by atoms with E-state index >= 15 is 0 Å². The molecule has 0 amide bonds. The van der Waals surface area contributed by atoms with Crippen LogP contribution >= 0.6 is 0 Å². The number of piperazine rings is 1. The van der Waals surface area contributed by atoms with Gasteiger partial charge in [0.25, 0.3) is 0 Å². The highest BCUT2D eigenvalue weighted by molar-refractivity contribution is 7.88. The maximum absolute atomic E-state index is 12.6. The van der Waals surface area contributed by atoms with Crippen molar-refractivity contribution < 1.29 is 12.9 Å². The second kappa shape index (κ2) is 11.1. The lowest BCUT2D eigenvalue weighted by atomic mass is 9.94. The minimum atomic E-state index is -3.39. The Balaban J connectivity index is 1.48. The Morgan fingerprint density at radius 1 is 1.20 bits per heavy atom. The fourth-order valence-corrected chi connectivity index (χ4v) is 5.56. The molecule has 1 aromatic heterocycles. The maximum Gasteiger partial charge on any atom is 0.220 e. The fourth-order valence-electron chi connectivity index (χ4n) is 4.14. The van der Waals surface area contributed by atoms with Crippen molar-refractivity contribution in [2.45, 2.75) is 38.9 Å². The van der Waals surface area contributed by atoms with Gasteiger partial charge in [0.1, 0.15) is 12.0 Å². The van der Waals surface area contributed by atoms with Gasteiger partial charge in [0.05, 0.1) is 5.69 Å². The zero-order valence-electron chi connectivity index (χ0n) is 18.3. The van der Waals surface area contributed by atoms with Crippen LogP contribution in [-0.2, 0) is 15.8 Å². The van der Waals surface area contributed by atoms with Gasteiger partial charge >= 0.3 is 0 Å². The Labute approximate surface area is 180 Å². The summed E-state index contributed by atoms with van der Waals surface area (Å²) in [6, 6.07) is 1.59. The van der Waals surface area contributed by atoms with Gasteiger partial charge in [-0.25, -0.2) is 8.42 Å². The highest BCUT2D eigenvalue weighted by atomic mass is 32.2. The molecule has 0 bridgehead atoms. The summed E-state index contributed by atoms with van der Waals surface area (Å²) in [4.78, 5) is 9.53. The first-order valence-electron chi connectivity index (χ1n) is 11.1. The number of likely N-dealkylation sites (tertiary alicyclic amines) is 1. The van der Waals surface area contributed by atoms with Crippen LogP contribution in [0.3, 0.4) is 0 Å². The number of rotatable bonds is 8. The van der Waals surface area contributed by atoms with Crippen molar-refractivity contribution in [2.75, 3.05) is 58.9 Å². The second-order valence-electron chi connectivity index (χ2n) is 8.04. The normalized spacial score (nSPS) is 20.6. The molecule has 0 atom stereocenters. The van der Waals surface area contributed by atoms with E-state index in [1.54, 1.807) is 10.4 Å². The van der Waals surface area contributed by atoms with E-state index < -0.39 is 10.0 Å². The summed E-state index contributed by atoms with van der Waals surface area (Å²) in [5.41, 5.74) is 0.442. The van der Waals surface area contributed by atoms with E-state index in [9.17, 15) is 8.42 Å². The number of nitrogens with zero attached hydrogens (tertiary/aromatic N) is 5. The molecule has 10 heteroatoms. The lowest BCUT2D eigenvalue weighted by Gasteiger charge is -2.36. The average Bonchev–Trinajstić information content (AvgIpc) is 3.26. The first-order chi connectivity index (χ1) is 14.5. The zero-order valence-corrected chi connectivity index (χ0v) is 19.1. The summed E-state index contributed by atoms with van der Waals surface area (Å²) < 4.78 is 31.5. The maximum atomic E-state index is 12.6. The van der Waals surface area contributed by atoms with Gasteiger partial charge in [-0.2, -0.15) is 4.31 Å². The zero-order chi connectivity index (χ0) is 21.4. The quantitative estimate of drug-likeness (QED) is 0.480. The largest absolute Gasteiger partial charge is 0.364 e. The molecule has 1 aromatic rings. The van der Waals surface area contributed by atoms with E-state index in [1.165, 1.54) is 32.2 Å². The Kier molecular flexibility index (Phi) is 8.52. The number of nitrogens with one attached hydrogen (secondary N) is 1. The van der Waals surface area contributed by atoms with Gasteiger partial charge in [0.15, 0.2) is 5.96 Å². The van der Waals surface area contributed by atoms with Crippen LogP contribution in [0.1, 0.15) is 38.8 Å². The molecular weight excluding hydrogens is 404 g/mol. The van der Waals surface area contributed by atoms with Crippen molar-refractivity contribution in [3.8, 4) is 0 Å². The van der Waals surface area contributed by atoms with E-state index in [-0.39, 0.29) is 5.75 Å². The molecular formula is C20H36N6O3S. The number of hydrogen-bond acceptors (Lipinski definition) is 6. The van der Waals surface area contributed by atoms with Crippen molar-refractivity contribution in [1.82, 2.24) is 24.6 Å². The van der Waals surface area contributed by atoms with Crippen molar-refractivity contribution in [2.24, 2.45) is 10.9 Å². The van der Waals surface area contributed by atoms with Gasteiger partial charge in [-0.1, -0.05) is 12.1 Å². The number of guanidine groups is 1. The summed E-state index contributed by atoms with van der Waals surface area (Å²) in [6.07, 6.45) is 5.05. The molecule has 0 unspecified atom stereocenters. The second-order valence-corrected chi connectivity index (χ2v) is 10.0. The SMILES string of the molecule is CCNC(=NCCC1CCN(CC)CC1)N1CCN(S(=O)(=O)Cc2ccon2)CC1. The molecule has 2 fully saturated rings. The summed E-state index contributed by atoms with van der Waals surface area (Å²) in [5.74, 6) is 1.55. The standard InChI is InChI=1S/C20H36N6O3S/c1-3-21-20(22-9-5-18-6-10-24(4-2)11-7-18)25-12-14-26(15-13-25)30(27,28)17-19-8-16-29-23-19/h8,16,18H,3-7,9-15,17H2,1-2H3,(H,21,22). The van der Waals surface area contributed by atoms with Crippen LogP contribution < -0.4 is 5.32 Å². The Morgan fingerprint density at radius 2 is 1.93 bits per heavy atom. The van der Waals surface area contributed by atoms with E-state index in [0.717, 1.165) is 37.9 Å². The van der Waals surface area contributed by atoms with Crippen molar-refractivity contribution in [3.05, 3.63) is 18.0 Å². The fraction of sp³-hybridized carbons (Fsp3) is 0.800.